The summed E-state index contributed by atoms with van der Waals surface area (Å²) in [7, 11) is 0.560. The van der Waals surface area contributed by atoms with E-state index in [-0.39, 0.29) is 17.6 Å². The third kappa shape index (κ3) is 5.97. The number of hydrogen-bond donors (Lipinski definition) is 1. The molecule has 1 saturated heterocycles. The molecule has 1 fully saturated rings. The molecule has 0 unspecified atom stereocenters. The van der Waals surface area contributed by atoms with E-state index in [2.05, 4.69) is 5.32 Å². The molecular formula is C22H28ClN3O3S. The number of benzene rings is 2. The number of halogens is 1. The summed E-state index contributed by atoms with van der Waals surface area (Å²) < 4.78 is 26.9. The SMILES string of the molecule is CN(C)c1ccc(CNC(=O)C2CCN(S(=O)(=O)Cc3ccc(Cl)cc3)CC2)cc1. The lowest BCUT2D eigenvalue weighted by Crippen LogP contribution is -2.43. The fourth-order valence-electron chi connectivity index (χ4n) is 3.52. The smallest absolute Gasteiger partial charge is 0.223 e. The van der Waals surface area contributed by atoms with Crippen LogP contribution in [0.5, 0.6) is 0 Å². The van der Waals surface area contributed by atoms with Crippen LogP contribution in [0.1, 0.15) is 24.0 Å². The molecule has 1 amide bonds. The van der Waals surface area contributed by atoms with E-state index in [1.165, 1.54) is 4.31 Å². The van der Waals surface area contributed by atoms with Crippen LogP contribution in [-0.4, -0.2) is 45.8 Å². The summed E-state index contributed by atoms with van der Waals surface area (Å²) >= 11 is 5.86. The van der Waals surface area contributed by atoms with Crippen LogP contribution in [0.3, 0.4) is 0 Å². The van der Waals surface area contributed by atoms with Gasteiger partial charge >= 0.3 is 0 Å². The van der Waals surface area contributed by atoms with Gasteiger partial charge in [0.15, 0.2) is 0 Å². The molecule has 30 heavy (non-hydrogen) atoms. The Hall–Kier alpha value is -2.09. The molecule has 1 N–H and O–H groups in total. The third-order valence-corrected chi connectivity index (χ3v) is 7.50. The maximum Gasteiger partial charge on any atom is 0.223 e. The quantitative estimate of drug-likeness (QED) is 0.704. The first-order chi connectivity index (χ1) is 14.2. The van der Waals surface area contributed by atoms with Gasteiger partial charge in [-0.15, -0.1) is 0 Å². The van der Waals surface area contributed by atoms with E-state index in [4.69, 9.17) is 11.6 Å². The first-order valence-electron chi connectivity index (χ1n) is 10.0. The minimum Gasteiger partial charge on any atom is -0.378 e. The average Bonchev–Trinajstić information content (AvgIpc) is 2.74. The molecule has 8 heteroatoms. The minimum atomic E-state index is -3.41. The van der Waals surface area contributed by atoms with Crippen LogP contribution >= 0.6 is 11.6 Å². The molecule has 0 aromatic heterocycles. The number of carbonyl (C=O) groups is 1. The second-order valence-electron chi connectivity index (χ2n) is 7.83. The van der Waals surface area contributed by atoms with E-state index in [1.54, 1.807) is 24.3 Å². The number of sulfonamides is 1. The van der Waals surface area contributed by atoms with Crippen LogP contribution in [0.2, 0.25) is 5.02 Å². The number of amides is 1. The van der Waals surface area contributed by atoms with Crippen molar-refractivity contribution < 1.29 is 13.2 Å². The van der Waals surface area contributed by atoms with Crippen molar-refractivity contribution in [3.8, 4) is 0 Å². The summed E-state index contributed by atoms with van der Waals surface area (Å²) in [6.45, 7) is 1.21. The van der Waals surface area contributed by atoms with E-state index < -0.39 is 10.0 Å². The Kier molecular flexibility index (Phi) is 7.39. The van der Waals surface area contributed by atoms with Gasteiger partial charge < -0.3 is 10.2 Å². The average molecular weight is 450 g/mol. The highest BCUT2D eigenvalue weighted by atomic mass is 35.5. The predicted molar refractivity (Wildman–Crippen MR) is 121 cm³/mol. The monoisotopic (exact) mass is 449 g/mol. The van der Waals surface area contributed by atoms with Gasteiger partial charge in [0.1, 0.15) is 0 Å². The van der Waals surface area contributed by atoms with Crippen molar-refractivity contribution in [3.63, 3.8) is 0 Å². The molecule has 0 radical (unpaired) electrons. The zero-order chi connectivity index (χ0) is 21.7. The second kappa shape index (κ2) is 9.81. The molecule has 0 bridgehead atoms. The molecule has 6 nitrogen and oxygen atoms in total. The zero-order valence-electron chi connectivity index (χ0n) is 17.3. The predicted octanol–water partition coefficient (Wildman–Crippen LogP) is 3.26. The van der Waals surface area contributed by atoms with Gasteiger partial charge in [0.2, 0.25) is 15.9 Å². The van der Waals surface area contributed by atoms with Gasteiger partial charge in [-0.1, -0.05) is 35.9 Å². The van der Waals surface area contributed by atoms with Gasteiger partial charge in [0.25, 0.3) is 0 Å². The summed E-state index contributed by atoms with van der Waals surface area (Å²) in [5, 5.41) is 3.56. The first kappa shape index (κ1) is 22.6. The van der Waals surface area contributed by atoms with Crippen LogP contribution in [0, 0.1) is 5.92 Å². The van der Waals surface area contributed by atoms with Gasteiger partial charge in [-0.05, 0) is 48.2 Å². The third-order valence-electron chi connectivity index (χ3n) is 5.40. The van der Waals surface area contributed by atoms with Gasteiger partial charge in [0, 0.05) is 50.4 Å². The fourth-order valence-corrected chi connectivity index (χ4v) is 5.21. The highest BCUT2D eigenvalue weighted by molar-refractivity contribution is 7.88. The van der Waals surface area contributed by atoms with Gasteiger partial charge in [-0.2, -0.15) is 0 Å². The maximum absolute atomic E-state index is 12.7. The van der Waals surface area contributed by atoms with Gasteiger partial charge in [-0.3, -0.25) is 4.79 Å². The number of rotatable bonds is 7. The molecule has 0 atom stereocenters. The van der Waals surface area contributed by atoms with Gasteiger partial charge in [0.05, 0.1) is 5.75 Å². The Morgan fingerprint density at radius 2 is 1.60 bits per heavy atom. The molecule has 0 saturated carbocycles. The van der Waals surface area contributed by atoms with Crippen LogP contribution in [0.25, 0.3) is 0 Å². The van der Waals surface area contributed by atoms with Crippen molar-refractivity contribution >= 4 is 33.2 Å². The van der Waals surface area contributed by atoms with Crippen LogP contribution < -0.4 is 10.2 Å². The van der Waals surface area contributed by atoms with Crippen LogP contribution in [0.4, 0.5) is 5.69 Å². The molecule has 1 aliphatic heterocycles. The lowest BCUT2D eigenvalue weighted by molar-refractivity contribution is -0.126. The van der Waals surface area contributed by atoms with Gasteiger partial charge in [-0.25, -0.2) is 12.7 Å². The second-order valence-corrected chi connectivity index (χ2v) is 10.2. The van der Waals surface area contributed by atoms with Crippen molar-refractivity contribution in [2.45, 2.75) is 25.1 Å². The summed E-state index contributed by atoms with van der Waals surface area (Å²) in [5.41, 5.74) is 2.86. The number of piperidine rings is 1. The highest BCUT2D eigenvalue weighted by Gasteiger charge is 2.31. The van der Waals surface area contributed by atoms with E-state index in [9.17, 15) is 13.2 Å². The summed E-state index contributed by atoms with van der Waals surface area (Å²) in [6.07, 6.45) is 1.07. The van der Waals surface area contributed by atoms with E-state index in [1.807, 2.05) is 43.3 Å². The number of hydrogen-bond acceptors (Lipinski definition) is 4. The first-order valence-corrected chi connectivity index (χ1v) is 12.0. The van der Waals surface area contributed by atoms with Crippen molar-refractivity contribution in [1.29, 1.82) is 0 Å². The molecule has 162 valence electrons. The maximum atomic E-state index is 12.7. The van der Waals surface area contributed by atoms with E-state index in [0.717, 1.165) is 11.3 Å². The Bertz CT molecular complexity index is 952. The minimum absolute atomic E-state index is 0.0126. The molecular weight excluding hydrogens is 422 g/mol. The molecule has 2 aromatic carbocycles. The number of nitrogens with one attached hydrogen (secondary N) is 1. The summed E-state index contributed by atoms with van der Waals surface area (Å²) in [5.74, 6) is -0.223. The Labute approximate surface area is 183 Å². The highest BCUT2D eigenvalue weighted by Crippen LogP contribution is 2.22. The van der Waals surface area contributed by atoms with Crippen molar-refractivity contribution in [2.75, 3.05) is 32.1 Å². The van der Waals surface area contributed by atoms with Crippen LogP contribution in [0.15, 0.2) is 48.5 Å². The molecule has 1 aliphatic rings. The molecule has 2 aromatic rings. The lowest BCUT2D eigenvalue weighted by Gasteiger charge is -2.30. The van der Waals surface area contributed by atoms with Crippen molar-refractivity contribution in [1.82, 2.24) is 9.62 Å². The van der Waals surface area contributed by atoms with Crippen molar-refractivity contribution in [3.05, 3.63) is 64.7 Å². The Morgan fingerprint density at radius 1 is 1.03 bits per heavy atom. The van der Waals surface area contributed by atoms with E-state index >= 15 is 0 Å². The molecule has 1 heterocycles. The summed E-state index contributed by atoms with van der Waals surface area (Å²) in [4.78, 5) is 14.6. The topological polar surface area (TPSA) is 69.7 Å². The Morgan fingerprint density at radius 3 is 2.17 bits per heavy atom. The zero-order valence-corrected chi connectivity index (χ0v) is 18.9. The van der Waals surface area contributed by atoms with Crippen molar-refractivity contribution in [2.24, 2.45) is 5.92 Å². The largest absolute Gasteiger partial charge is 0.378 e. The number of anilines is 1. The van der Waals surface area contributed by atoms with Crippen LogP contribution in [-0.2, 0) is 27.1 Å². The normalized spacial score (nSPS) is 15.7. The molecule has 0 spiro atoms. The molecule has 0 aliphatic carbocycles. The van der Waals surface area contributed by atoms with E-state index in [0.29, 0.717) is 43.1 Å². The number of carbonyl (C=O) groups excluding carboxylic acids is 1. The fraction of sp³-hybridized carbons (Fsp3) is 0.409. The number of nitrogens with zero attached hydrogens (tertiary/aromatic N) is 2. The standard InChI is InChI=1S/C22H28ClN3O3S/c1-25(2)21-9-5-17(6-10-21)15-24-22(27)19-11-13-26(14-12-19)30(28,29)16-18-3-7-20(23)8-4-18/h3-10,19H,11-16H2,1-2H3,(H,24,27). The summed E-state index contributed by atoms with van der Waals surface area (Å²) in [6, 6.07) is 14.9. The lowest BCUT2D eigenvalue weighted by atomic mass is 9.97. The molecule has 3 rings (SSSR count). The Balaban J connectivity index is 1.48.